The topological polar surface area (TPSA) is 242 Å². The van der Waals surface area contributed by atoms with Crippen LogP contribution in [0.2, 0.25) is 5.28 Å². The van der Waals surface area contributed by atoms with Gasteiger partial charge in [0.2, 0.25) is 5.28 Å². The van der Waals surface area contributed by atoms with Gasteiger partial charge in [-0.1, -0.05) is 12.2 Å². The standard InChI is InChI=1S/C10H15ClN5O11P3S2/c11-10-14-7(12)4-8(15-10)16(2-13-4)9-6(18)5(17)3(25-9)1-24-30(23,32)27-28(19,20)26-29(21,22)31/h2-3,5-6,9,17-18H,1H2,(H,19,20)(H,23,32)(H2,12,14,15)(H2,21,22,31)/t3-,5-,6?,9-,30?/m1/s1. The molecule has 3 heterocycles. The maximum atomic E-state index is 11.6. The van der Waals surface area contributed by atoms with E-state index in [1.54, 1.807) is 0 Å². The molecule has 0 radical (unpaired) electrons. The normalized spacial score (nSPS) is 29.5. The molecule has 1 aliphatic heterocycles. The summed E-state index contributed by atoms with van der Waals surface area (Å²) in [7, 11) is -5.34. The van der Waals surface area contributed by atoms with Crippen molar-refractivity contribution >= 4 is 74.0 Å². The van der Waals surface area contributed by atoms with Gasteiger partial charge >= 0.3 is 21.3 Å². The molecule has 2 aromatic rings. The number of thiol groups is 1. The summed E-state index contributed by atoms with van der Waals surface area (Å²) < 4.78 is 42.2. The average Bonchev–Trinajstić information content (AvgIpc) is 3.12. The fraction of sp³-hybridized carbons (Fsp3) is 0.500. The van der Waals surface area contributed by atoms with Crippen molar-refractivity contribution in [1.82, 2.24) is 19.5 Å². The van der Waals surface area contributed by atoms with Gasteiger partial charge in [-0.3, -0.25) is 4.57 Å². The number of hydrogen-bond acceptors (Lipinski definition) is 13. The summed E-state index contributed by atoms with van der Waals surface area (Å²) in [5.41, 5.74) is 5.96. The molecule has 32 heavy (non-hydrogen) atoms. The van der Waals surface area contributed by atoms with Crippen LogP contribution in [-0.4, -0.2) is 69.3 Å². The lowest BCUT2D eigenvalue weighted by molar-refractivity contribution is -0.0486. The Labute approximate surface area is 193 Å². The largest absolute Gasteiger partial charge is 0.487 e. The van der Waals surface area contributed by atoms with Crippen molar-refractivity contribution in [3.8, 4) is 0 Å². The van der Waals surface area contributed by atoms with Gasteiger partial charge < -0.3 is 39.9 Å². The van der Waals surface area contributed by atoms with E-state index in [0.717, 1.165) is 0 Å². The molecule has 1 saturated heterocycles. The highest BCUT2D eigenvalue weighted by molar-refractivity contribution is 8.44. The Balaban J connectivity index is 1.72. The molecule has 0 saturated carbocycles. The molecule has 7 N–H and O–H groups in total. The zero-order valence-corrected chi connectivity index (χ0v) is 20.4. The van der Waals surface area contributed by atoms with Crippen molar-refractivity contribution in [1.29, 1.82) is 0 Å². The average molecular weight is 574 g/mol. The number of fused-ring (bicyclic) bond motifs is 1. The van der Waals surface area contributed by atoms with Crippen molar-refractivity contribution in [3.63, 3.8) is 0 Å². The van der Waals surface area contributed by atoms with E-state index in [2.05, 4.69) is 47.6 Å². The lowest BCUT2D eigenvalue weighted by atomic mass is 10.1. The van der Waals surface area contributed by atoms with Crippen LogP contribution in [0.5, 0.6) is 0 Å². The fourth-order valence-electron chi connectivity index (χ4n) is 2.66. The molecule has 0 amide bonds. The second-order valence-corrected chi connectivity index (χ2v) is 13.8. The van der Waals surface area contributed by atoms with Gasteiger partial charge in [-0.25, -0.2) is 18.4 Å². The van der Waals surface area contributed by atoms with E-state index < -0.39 is 52.5 Å². The molecule has 4 unspecified atom stereocenters. The number of nitrogens with two attached hydrogens (primary N) is 1. The summed E-state index contributed by atoms with van der Waals surface area (Å²) in [5.74, 6) is -0.0333. The molecule has 180 valence electrons. The predicted octanol–water partition coefficient (Wildman–Crippen LogP) is 0.0783. The highest BCUT2D eigenvalue weighted by atomic mass is 35.5. The number of nitrogen functional groups attached to an aromatic ring is 1. The van der Waals surface area contributed by atoms with Crippen molar-refractivity contribution in [2.75, 3.05) is 12.3 Å². The number of hydrogen-bond donors (Lipinski definition) is 7. The minimum absolute atomic E-state index is 0.0333. The third-order valence-corrected chi connectivity index (χ3v) is 9.40. The van der Waals surface area contributed by atoms with Crippen molar-refractivity contribution in [3.05, 3.63) is 11.6 Å². The van der Waals surface area contributed by atoms with Gasteiger partial charge in [-0.2, -0.15) is 14.3 Å². The number of phosphoric acid groups is 1. The number of halogens is 1. The molecule has 0 aromatic carbocycles. The SMILES string of the molecule is Nc1nc(Cl)nc2c1ncn2[C@@H]1O[C@H](COP(O)(=S)OP(=O)(O)OP(=O)(O)S)[C@@H](O)C1O. The first-order valence-corrected chi connectivity index (χ1v) is 15.2. The number of aliphatic hydroxyl groups excluding tert-OH is 2. The Morgan fingerprint density at radius 1 is 1.25 bits per heavy atom. The Kier molecular flexibility index (Phi) is 7.75. The fourth-order valence-corrected chi connectivity index (χ4v) is 7.64. The zero-order chi connectivity index (χ0) is 24.1. The van der Waals surface area contributed by atoms with E-state index in [1.807, 2.05) is 0 Å². The van der Waals surface area contributed by atoms with Crippen LogP contribution in [0, 0.1) is 0 Å². The predicted molar refractivity (Wildman–Crippen MR) is 114 cm³/mol. The first-order valence-electron chi connectivity index (χ1n) is 8.04. The molecular weight excluding hydrogens is 559 g/mol. The number of ether oxygens (including phenoxy) is 1. The molecule has 0 aliphatic carbocycles. The van der Waals surface area contributed by atoms with Gasteiger partial charge in [0.05, 0.1) is 12.9 Å². The Hall–Kier alpha value is -0.260. The molecule has 22 heteroatoms. The molecular formula is C10H15ClN5O11P3S2. The van der Waals surface area contributed by atoms with Crippen LogP contribution in [0.3, 0.4) is 0 Å². The monoisotopic (exact) mass is 573 g/mol. The number of aliphatic hydroxyl groups is 2. The lowest BCUT2D eigenvalue weighted by Gasteiger charge is -2.21. The molecule has 3 rings (SSSR count). The maximum absolute atomic E-state index is 11.6. The van der Waals surface area contributed by atoms with Crippen molar-refractivity contribution in [2.45, 2.75) is 24.5 Å². The van der Waals surface area contributed by atoms with Gasteiger partial charge in [0.1, 0.15) is 23.8 Å². The molecule has 2 aromatic heterocycles. The van der Waals surface area contributed by atoms with Crippen LogP contribution in [0.25, 0.3) is 11.2 Å². The first-order chi connectivity index (χ1) is 14.6. The third kappa shape index (κ3) is 6.24. The van der Waals surface area contributed by atoms with E-state index in [4.69, 9.17) is 31.5 Å². The van der Waals surface area contributed by atoms with Crippen LogP contribution in [0.15, 0.2) is 6.33 Å². The van der Waals surface area contributed by atoms with Gasteiger partial charge in [-0.15, -0.1) is 0 Å². The van der Waals surface area contributed by atoms with Gasteiger partial charge in [0, 0.05) is 0 Å². The third-order valence-electron chi connectivity index (χ3n) is 3.85. The highest BCUT2D eigenvalue weighted by Crippen LogP contribution is 2.68. The van der Waals surface area contributed by atoms with Crippen LogP contribution < -0.4 is 5.73 Å². The summed E-state index contributed by atoms with van der Waals surface area (Å²) in [6.07, 6.45) is -4.52. The van der Waals surface area contributed by atoms with Crippen LogP contribution >= 0.6 is 45.2 Å². The zero-order valence-electron chi connectivity index (χ0n) is 15.2. The summed E-state index contributed by atoms with van der Waals surface area (Å²) in [5, 5.41) is 20.4. The van der Waals surface area contributed by atoms with E-state index in [9.17, 15) is 29.1 Å². The molecule has 1 aliphatic rings. The maximum Gasteiger partial charge on any atom is 0.487 e. The van der Waals surface area contributed by atoms with Crippen LogP contribution in [0.4, 0.5) is 5.82 Å². The van der Waals surface area contributed by atoms with Crippen molar-refractivity contribution in [2.24, 2.45) is 0 Å². The number of aromatic nitrogens is 4. The minimum atomic E-state index is -5.34. The van der Waals surface area contributed by atoms with Crippen molar-refractivity contribution < 1.29 is 51.9 Å². The molecule has 1 fully saturated rings. The molecule has 7 atom stereocenters. The summed E-state index contributed by atoms with van der Waals surface area (Å²) in [6.45, 7) is -10.0. The summed E-state index contributed by atoms with van der Waals surface area (Å²) >= 11 is 13.4. The van der Waals surface area contributed by atoms with E-state index in [1.165, 1.54) is 10.9 Å². The minimum Gasteiger partial charge on any atom is -0.387 e. The smallest absolute Gasteiger partial charge is 0.387 e. The Morgan fingerprint density at radius 2 is 1.91 bits per heavy atom. The molecule has 0 spiro atoms. The van der Waals surface area contributed by atoms with E-state index in [0.29, 0.717) is 0 Å². The quantitative estimate of drug-likeness (QED) is 0.125. The number of nitrogens with zero attached hydrogens (tertiary/aromatic N) is 4. The molecule has 16 nitrogen and oxygen atoms in total. The molecule has 0 bridgehead atoms. The number of imidazole rings is 1. The summed E-state index contributed by atoms with van der Waals surface area (Å²) in [4.78, 5) is 39.9. The Bertz CT molecular complexity index is 1160. The second-order valence-electron chi connectivity index (χ2n) is 6.13. The highest BCUT2D eigenvalue weighted by Gasteiger charge is 2.46. The Morgan fingerprint density at radius 3 is 2.53 bits per heavy atom. The number of anilines is 1. The van der Waals surface area contributed by atoms with Gasteiger partial charge in [0.25, 0.3) is 0 Å². The van der Waals surface area contributed by atoms with E-state index >= 15 is 0 Å². The number of rotatable bonds is 8. The first kappa shape index (κ1) is 26.3. The lowest BCUT2D eigenvalue weighted by Crippen LogP contribution is -2.33. The van der Waals surface area contributed by atoms with Gasteiger partial charge in [-0.05, 0) is 23.4 Å². The van der Waals surface area contributed by atoms with E-state index in [-0.39, 0.29) is 22.3 Å². The van der Waals surface area contributed by atoms with Crippen LogP contribution in [-0.2, 0) is 38.8 Å². The van der Waals surface area contributed by atoms with Crippen LogP contribution in [0.1, 0.15) is 6.23 Å². The van der Waals surface area contributed by atoms with Gasteiger partial charge in [0.15, 0.2) is 17.7 Å². The summed E-state index contributed by atoms with van der Waals surface area (Å²) in [6, 6.07) is 0. The second kappa shape index (κ2) is 9.41.